The molecule has 4 heteroatoms. The quantitative estimate of drug-likeness (QED) is 0.577. The number of carbonyl (C=O) groups is 1. The highest BCUT2D eigenvalue weighted by Crippen LogP contribution is 2.26. The van der Waals surface area contributed by atoms with Gasteiger partial charge in [-0.25, -0.2) is 0 Å². The highest BCUT2D eigenvalue weighted by molar-refractivity contribution is 6.35. The predicted molar refractivity (Wildman–Crippen MR) is 76.4 cm³/mol. The second-order valence-corrected chi connectivity index (χ2v) is 4.93. The van der Waals surface area contributed by atoms with Crippen molar-refractivity contribution in [2.45, 2.75) is 18.7 Å². The molecule has 0 radical (unpaired) electrons. The van der Waals surface area contributed by atoms with Gasteiger partial charge in [0.2, 0.25) is 5.78 Å². The molecule has 0 bridgehead atoms. The molecule has 0 spiro atoms. The molecule has 104 valence electrons. The Morgan fingerprint density at radius 1 is 1.00 bits per heavy atom. The summed E-state index contributed by atoms with van der Waals surface area (Å²) in [5, 5.41) is -3.86. The van der Waals surface area contributed by atoms with E-state index in [2.05, 4.69) is 6.92 Å². The first-order valence-corrected chi connectivity index (χ1v) is 6.60. The smallest absolute Gasteiger partial charge is 0.286 e. The van der Waals surface area contributed by atoms with Crippen LogP contribution in [0.4, 0.5) is 8.78 Å². The topological polar surface area (TPSA) is 17.1 Å². The number of benzene rings is 2. The van der Waals surface area contributed by atoms with Crippen molar-refractivity contribution in [3.63, 3.8) is 0 Å². The number of hydrogen-bond donors (Lipinski definition) is 0. The Labute approximate surface area is 121 Å². The van der Waals surface area contributed by atoms with Gasteiger partial charge in [0.25, 0.3) is 0 Å². The molecule has 0 aliphatic carbocycles. The summed E-state index contributed by atoms with van der Waals surface area (Å²) < 4.78 is 25.4. The molecule has 1 nitrogen and oxygen atoms in total. The van der Waals surface area contributed by atoms with E-state index < -0.39 is 11.2 Å². The third-order valence-corrected chi connectivity index (χ3v) is 3.27. The zero-order valence-electron chi connectivity index (χ0n) is 10.9. The van der Waals surface area contributed by atoms with Crippen LogP contribution in [0.3, 0.4) is 0 Å². The van der Waals surface area contributed by atoms with Gasteiger partial charge < -0.3 is 0 Å². The van der Waals surface area contributed by atoms with Crippen molar-refractivity contribution in [1.29, 1.82) is 0 Å². The molecule has 0 fully saturated rings. The SMILES string of the molecule is CCc1ccc(-c2ccc(C(=O)C(F)(F)Cl)cc2)cc1. The molecule has 0 aliphatic heterocycles. The second-order valence-electron chi connectivity index (χ2n) is 4.45. The van der Waals surface area contributed by atoms with E-state index in [0.717, 1.165) is 17.5 Å². The van der Waals surface area contributed by atoms with E-state index in [1.54, 1.807) is 12.1 Å². The van der Waals surface area contributed by atoms with Crippen molar-refractivity contribution >= 4 is 17.4 Å². The monoisotopic (exact) mass is 294 g/mol. The van der Waals surface area contributed by atoms with Crippen LogP contribution in [0.1, 0.15) is 22.8 Å². The van der Waals surface area contributed by atoms with E-state index in [0.29, 0.717) is 0 Å². The third-order valence-electron chi connectivity index (χ3n) is 3.10. The highest BCUT2D eigenvalue weighted by atomic mass is 35.5. The summed E-state index contributed by atoms with van der Waals surface area (Å²) in [5.41, 5.74) is 2.96. The minimum atomic E-state index is -3.86. The molecule has 0 atom stereocenters. The number of hydrogen-bond acceptors (Lipinski definition) is 1. The number of ketones is 1. The largest absolute Gasteiger partial charge is 0.384 e. The fraction of sp³-hybridized carbons (Fsp3) is 0.188. The number of carbonyl (C=O) groups excluding carboxylic acids is 1. The molecule has 0 aromatic heterocycles. The Bertz CT molecular complexity index is 598. The maximum Gasteiger partial charge on any atom is 0.384 e. The highest BCUT2D eigenvalue weighted by Gasteiger charge is 2.36. The van der Waals surface area contributed by atoms with Crippen LogP contribution in [-0.4, -0.2) is 11.2 Å². The van der Waals surface area contributed by atoms with Crippen LogP contribution in [0.15, 0.2) is 48.5 Å². The third kappa shape index (κ3) is 3.23. The van der Waals surface area contributed by atoms with Crippen molar-refractivity contribution in [2.24, 2.45) is 0 Å². The Morgan fingerprint density at radius 2 is 1.45 bits per heavy atom. The number of rotatable bonds is 4. The lowest BCUT2D eigenvalue weighted by Crippen LogP contribution is -2.21. The lowest BCUT2D eigenvalue weighted by atomic mass is 10.0. The Balaban J connectivity index is 2.25. The van der Waals surface area contributed by atoms with Crippen LogP contribution in [0, 0.1) is 0 Å². The van der Waals surface area contributed by atoms with E-state index in [4.69, 9.17) is 11.6 Å². The van der Waals surface area contributed by atoms with Crippen LogP contribution in [0.2, 0.25) is 0 Å². The van der Waals surface area contributed by atoms with Gasteiger partial charge in [-0.2, -0.15) is 8.78 Å². The molecular weight excluding hydrogens is 282 g/mol. The molecule has 0 amide bonds. The van der Waals surface area contributed by atoms with Crippen molar-refractivity contribution in [3.05, 3.63) is 59.7 Å². The molecule has 0 heterocycles. The maximum atomic E-state index is 12.7. The van der Waals surface area contributed by atoms with Crippen LogP contribution >= 0.6 is 11.6 Å². The molecule has 2 aromatic carbocycles. The molecule has 0 saturated heterocycles. The number of halogens is 3. The average molecular weight is 295 g/mol. The van der Waals surface area contributed by atoms with Gasteiger partial charge >= 0.3 is 5.38 Å². The molecule has 2 aromatic rings. The molecule has 0 unspecified atom stereocenters. The lowest BCUT2D eigenvalue weighted by molar-refractivity contribution is 0.0536. The van der Waals surface area contributed by atoms with Crippen molar-refractivity contribution in [3.8, 4) is 11.1 Å². The lowest BCUT2D eigenvalue weighted by Gasteiger charge is -2.08. The van der Waals surface area contributed by atoms with Crippen LogP contribution in [-0.2, 0) is 6.42 Å². The zero-order chi connectivity index (χ0) is 14.8. The van der Waals surface area contributed by atoms with E-state index in [1.807, 2.05) is 24.3 Å². The first-order chi connectivity index (χ1) is 9.41. The normalized spacial score (nSPS) is 11.4. The van der Waals surface area contributed by atoms with Crippen LogP contribution in [0.25, 0.3) is 11.1 Å². The van der Waals surface area contributed by atoms with Gasteiger partial charge in [-0.15, -0.1) is 0 Å². The second kappa shape index (κ2) is 5.71. The summed E-state index contributed by atoms with van der Waals surface area (Å²) in [7, 11) is 0. The Hall–Kier alpha value is -1.74. The maximum absolute atomic E-state index is 12.7. The van der Waals surface area contributed by atoms with Gasteiger partial charge in [0.15, 0.2) is 0 Å². The van der Waals surface area contributed by atoms with Gasteiger partial charge in [-0.05, 0) is 34.7 Å². The van der Waals surface area contributed by atoms with E-state index >= 15 is 0 Å². The van der Waals surface area contributed by atoms with Crippen molar-refractivity contribution < 1.29 is 13.6 Å². The molecule has 0 N–H and O–H groups in total. The van der Waals surface area contributed by atoms with Gasteiger partial charge in [0.05, 0.1) is 0 Å². The summed E-state index contributed by atoms with van der Waals surface area (Å²) in [6.07, 6.45) is 0.957. The molecule has 0 aliphatic rings. The van der Waals surface area contributed by atoms with Gasteiger partial charge in [-0.1, -0.05) is 55.5 Å². The summed E-state index contributed by atoms with van der Waals surface area (Å²) in [6.45, 7) is 2.07. The van der Waals surface area contributed by atoms with E-state index in [9.17, 15) is 13.6 Å². The number of aryl methyl sites for hydroxylation is 1. The molecule has 0 saturated carbocycles. The predicted octanol–water partition coefficient (Wildman–Crippen LogP) is 4.93. The minimum absolute atomic E-state index is 0.0982. The molecule has 20 heavy (non-hydrogen) atoms. The fourth-order valence-electron chi connectivity index (χ4n) is 1.91. The standard InChI is InChI=1S/C16H13ClF2O/c1-2-11-3-5-12(6-4-11)13-7-9-14(10-8-13)15(20)16(17,18)19/h3-10H,2H2,1H3. The van der Waals surface area contributed by atoms with Crippen LogP contribution in [0.5, 0.6) is 0 Å². The first kappa shape index (κ1) is 14.7. The average Bonchev–Trinajstić information content (AvgIpc) is 2.46. The van der Waals surface area contributed by atoms with Crippen LogP contribution < -0.4 is 0 Å². The van der Waals surface area contributed by atoms with E-state index in [1.165, 1.54) is 17.7 Å². The number of Topliss-reactive ketones (excluding diaryl/α,β-unsaturated/α-hetero) is 1. The Morgan fingerprint density at radius 3 is 1.85 bits per heavy atom. The molecular formula is C16H13ClF2O. The van der Waals surface area contributed by atoms with Gasteiger partial charge in [0.1, 0.15) is 0 Å². The number of alkyl halides is 3. The summed E-state index contributed by atoms with van der Waals surface area (Å²) in [6, 6.07) is 14.0. The fourth-order valence-corrected chi connectivity index (χ4v) is 2.02. The van der Waals surface area contributed by atoms with E-state index in [-0.39, 0.29) is 5.56 Å². The first-order valence-electron chi connectivity index (χ1n) is 6.22. The summed E-state index contributed by atoms with van der Waals surface area (Å²) in [5.74, 6) is -1.38. The van der Waals surface area contributed by atoms with Gasteiger partial charge in [0, 0.05) is 5.56 Å². The van der Waals surface area contributed by atoms with Crippen molar-refractivity contribution in [1.82, 2.24) is 0 Å². The van der Waals surface area contributed by atoms with Gasteiger partial charge in [-0.3, -0.25) is 4.79 Å². The zero-order valence-corrected chi connectivity index (χ0v) is 11.6. The van der Waals surface area contributed by atoms with Crippen molar-refractivity contribution in [2.75, 3.05) is 0 Å². The minimum Gasteiger partial charge on any atom is -0.286 e. The molecule has 2 rings (SSSR count). The summed E-state index contributed by atoms with van der Waals surface area (Å²) in [4.78, 5) is 11.3. The summed E-state index contributed by atoms with van der Waals surface area (Å²) >= 11 is 4.73. The Kier molecular flexibility index (Phi) is 4.19.